The van der Waals surface area contributed by atoms with E-state index in [2.05, 4.69) is 25.9 Å². The smallest absolute Gasteiger partial charge is 0.255 e. The molecule has 0 radical (unpaired) electrons. The summed E-state index contributed by atoms with van der Waals surface area (Å²) in [5.41, 5.74) is 0.152. The largest absolute Gasteiger partial charge is 0.348 e. The van der Waals surface area contributed by atoms with Gasteiger partial charge in [0.2, 0.25) is 0 Å². The van der Waals surface area contributed by atoms with E-state index in [0.717, 1.165) is 0 Å². The summed E-state index contributed by atoms with van der Waals surface area (Å²) >= 11 is 3.13. The second-order valence-electron chi connectivity index (χ2n) is 3.12. The van der Waals surface area contributed by atoms with E-state index in [4.69, 9.17) is 0 Å². The van der Waals surface area contributed by atoms with Gasteiger partial charge >= 0.3 is 0 Å². The van der Waals surface area contributed by atoms with E-state index in [1.807, 2.05) is 0 Å². The number of halogens is 4. The van der Waals surface area contributed by atoms with E-state index < -0.39 is 18.8 Å². The number of rotatable bonds is 5. The van der Waals surface area contributed by atoms with Crippen LogP contribution in [0.2, 0.25) is 0 Å². The molecule has 0 unspecified atom stereocenters. The van der Waals surface area contributed by atoms with Crippen molar-refractivity contribution in [3.63, 3.8) is 0 Å². The molecule has 0 aliphatic rings. The molecule has 7 heteroatoms. The zero-order valence-corrected chi connectivity index (χ0v) is 10.2. The lowest BCUT2D eigenvalue weighted by molar-refractivity contribution is 0.155. The summed E-state index contributed by atoms with van der Waals surface area (Å²) in [6.45, 7) is 1.19. The molecule has 90 valence electrons. The highest BCUT2D eigenvalue weighted by atomic mass is 79.9. The van der Waals surface area contributed by atoms with Crippen LogP contribution in [0.25, 0.3) is 0 Å². The van der Waals surface area contributed by atoms with Crippen LogP contribution in [0.15, 0.2) is 6.33 Å². The molecule has 0 spiro atoms. The first kappa shape index (κ1) is 13.2. The monoisotopic (exact) mass is 297 g/mol. The normalized spacial score (nSPS) is 10.9. The Kier molecular flexibility index (Phi) is 4.98. The minimum Gasteiger partial charge on any atom is -0.348 e. The lowest BCUT2D eigenvalue weighted by atomic mass is 10.3. The first-order valence-corrected chi connectivity index (χ1v) is 5.74. The zero-order valence-electron chi connectivity index (χ0n) is 8.63. The van der Waals surface area contributed by atoms with Crippen molar-refractivity contribution >= 4 is 21.7 Å². The number of nitrogens with zero attached hydrogens (tertiary/aromatic N) is 3. The summed E-state index contributed by atoms with van der Waals surface area (Å²) in [5, 5.41) is 0.461. The second-order valence-corrected chi connectivity index (χ2v) is 3.92. The Bertz CT molecular complexity index is 349. The molecule has 16 heavy (non-hydrogen) atoms. The molecule has 0 aliphatic heterocycles. The molecule has 0 saturated carbocycles. The molecule has 1 aromatic rings. The molecule has 0 aliphatic carbocycles. The van der Waals surface area contributed by atoms with Crippen LogP contribution >= 0.6 is 15.9 Å². The Morgan fingerprint density at radius 1 is 1.44 bits per heavy atom. The van der Waals surface area contributed by atoms with Crippen LogP contribution in [0.4, 0.5) is 19.0 Å². The maximum Gasteiger partial charge on any atom is 0.255 e. The highest BCUT2D eigenvalue weighted by molar-refractivity contribution is 9.09. The van der Waals surface area contributed by atoms with Crippen LogP contribution in [0.1, 0.15) is 5.69 Å². The summed E-state index contributed by atoms with van der Waals surface area (Å²) in [5.74, 6) is -0.726. The van der Waals surface area contributed by atoms with E-state index in [9.17, 15) is 13.2 Å². The summed E-state index contributed by atoms with van der Waals surface area (Å²) in [6.07, 6.45) is -1.37. The van der Waals surface area contributed by atoms with Crippen LogP contribution in [0.5, 0.6) is 0 Å². The summed E-state index contributed by atoms with van der Waals surface area (Å²) in [7, 11) is 0. The fourth-order valence-corrected chi connectivity index (χ4v) is 1.65. The third kappa shape index (κ3) is 3.33. The van der Waals surface area contributed by atoms with Gasteiger partial charge in [-0.1, -0.05) is 15.9 Å². The van der Waals surface area contributed by atoms with Gasteiger partial charge in [0, 0.05) is 11.9 Å². The Labute approximate surface area is 99.8 Å². The summed E-state index contributed by atoms with van der Waals surface area (Å²) < 4.78 is 38.2. The number of aromatic nitrogens is 2. The molecular weight excluding hydrogens is 287 g/mol. The van der Waals surface area contributed by atoms with E-state index in [1.165, 1.54) is 18.2 Å². The van der Waals surface area contributed by atoms with E-state index in [0.29, 0.717) is 5.33 Å². The molecular formula is C9H11BrF3N3. The molecule has 0 atom stereocenters. The number of aryl methyl sites for hydroxylation is 1. The highest BCUT2D eigenvalue weighted by Crippen LogP contribution is 2.18. The number of alkyl halides is 3. The van der Waals surface area contributed by atoms with E-state index in [1.54, 1.807) is 0 Å². The molecule has 3 nitrogen and oxygen atoms in total. The number of anilines is 1. The van der Waals surface area contributed by atoms with Crippen molar-refractivity contribution in [3.05, 3.63) is 17.8 Å². The predicted octanol–water partition coefficient (Wildman–Crippen LogP) is 2.39. The van der Waals surface area contributed by atoms with Crippen LogP contribution in [0, 0.1) is 12.7 Å². The average molecular weight is 298 g/mol. The number of hydrogen-bond acceptors (Lipinski definition) is 3. The maximum absolute atomic E-state index is 13.6. The maximum atomic E-state index is 13.6. The van der Waals surface area contributed by atoms with Crippen LogP contribution in [-0.2, 0) is 0 Å². The molecule has 1 rings (SSSR count). The van der Waals surface area contributed by atoms with Crippen molar-refractivity contribution in [2.24, 2.45) is 0 Å². The Balaban J connectivity index is 2.96. The molecule has 1 aromatic heterocycles. The first-order valence-electron chi connectivity index (χ1n) is 4.62. The predicted molar refractivity (Wildman–Crippen MR) is 58.7 cm³/mol. The van der Waals surface area contributed by atoms with Crippen LogP contribution in [-0.4, -0.2) is 34.8 Å². The van der Waals surface area contributed by atoms with Gasteiger partial charge in [0.15, 0.2) is 11.6 Å². The van der Waals surface area contributed by atoms with Gasteiger partial charge in [0.25, 0.3) is 6.43 Å². The van der Waals surface area contributed by atoms with Crippen molar-refractivity contribution in [1.29, 1.82) is 0 Å². The fourth-order valence-electron chi connectivity index (χ4n) is 1.22. The van der Waals surface area contributed by atoms with Gasteiger partial charge < -0.3 is 4.90 Å². The highest BCUT2D eigenvalue weighted by Gasteiger charge is 2.18. The lowest BCUT2D eigenvalue weighted by Gasteiger charge is -2.22. The van der Waals surface area contributed by atoms with Gasteiger partial charge in [0.05, 0.1) is 12.2 Å². The Morgan fingerprint density at radius 2 is 2.12 bits per heavy atom. The van der Waals surface area contributed by atoms with Gasteiger partial charge in [-0.3, -0.25) is 0 Å². The molecule has 0 bridgehead atoms. The molecule has 0 amide bonds. The third-order valence-electron chi connectivity index (χ3n) is 1.96. The quantitative estimate of drug-likeness (QED) is 0.782. The second kappa shape index (κ2) is 6.03. The first-order chi connectivity index (χ1) is 7.56. The molecule has 0 aromatic carbocycles. The fraction of sp³-hybridized carbons (Fsp3) is 0.556. The van der Waals surface area contributed by atoms with Crippen molar-refractivity contribution in [1.82, 2.24) is 9.97 Å². The SMILES string of the molecule is Cc1ncnc(N(CCBr)CC(F)F)c1F. The van der Waals surface area contributed by atoms with Gasteiger partial charge in [-0.25, -0.2) is 23.1 Å². The minimum absolute atomic E-state index is 0.0766. The molecule has 0 saturated heterocycles. The van der Waals surface area contributed by atoms with Gasteiger partial charge in [-0.15, -0.1) is 0 Å². The van der Waals surface area contributed by atoms with Crippen LogP contribution in [0.3, 0.4) is 0 Å². The van der Waals surface area contributed by atoms with Crippen LogP contribution < -0.4 is 4.90 Å². The van der Waals surface area contributed by atoms with Gasteiger partial charge in [-0.2, -0.15) is 0 Å². The number of hydrogen-bond donors (Lipinski definition) is 0. The van der Waals surface area contributed by atoms with Gasteiger partial charge in [0.1, 0.15) is 6.33 Å². The lowest BCUT2D eigenvalue weighted by Crippen LogP contribution is -2.32. The average Bonchev–Trinajstić information content (AvgIpc) is 2.21. The topological polar surface area (TPSA) is 29.0 Å². The summed E-state index contributed by atoms with van der Waals surface area (Å²) in [4.78, 5) is 8.54. The van der Waals surface area contributed by atoms with E-state index >= 15 is 0 Å². The molecule has 1 heterocycles. The third-order valence-corrected chi connectivity index (χ3v) is 2.31. The molecule has 0 fully saturated rings. The van der Waals surface area contributed by atoms with E-state index in [-0.39, 0.29) is 18.1 Å². The van der Waals surface area contributed by atoms with Crippen molar-refractivity contribution in [2.45, 2.75) is 13.3 Å². The summed E-state index contributed by atoms with van der Waals surface area (Å²) in [6, 6.07) is 0. The molecule has 0 N–H and O–H groups in total. The Hall–Kier alpha value is -0.850. The van der Waals surface area contributed by atoms with Crippen molar-refractivity contribution < 1.29 is 13.2 Å². The minimum atomic E-state index is -2.53. The van der Waals surface area contributed by atoms with Crippen molar-refractivity contribution in [3.8, 4) is 0 Å². The standard InChI is InChI=1S/C9H11BrF3N3/c1-6-8(13)9(15-5-14-6)16(3-2-10)4-7(11)12/h5,7H,2-4H2,1H3. The van der Waals surface area contributed by atoms with Gasteiger partial charge in [-0.05, 0) is 6.92 Å². The zero-order chi connectivity index (χ0) is 12.1. The Morgan fingerprint density at radius 3 is 2.69 bits per heavy atom. The van der Waals surface area contributed by atoms with Crippen molar-refractivity contribution in [2.75, 3.05) is 23.3 Å².